The molecule has 1 amide bonds. The maximum absolute atomic E-state index is 12.1. The fourth-order valence-corrected chi connectivity index (χ4v) is 2.51. The van der Waals surface area contributed by atoms with E-state index in [1.165, 1.54) is 24.5 Å². The summed E-state index contributed by atoms with van der Waals surface area (Å²) < 4.78 is 10.0. The largest absolute Gasteiger partial charge is 0.459 e. The Morgan fingerprint density at radius 3 is 2.37 bits per heavy atom. The number of ketones is 1. The number of nitrogens with one attached hydrogen (secondary N) is 1. The molecule has 0 atom stereocenters. The van der Waals surface area contributed by atoms with Crippen LogP contribution in [0, 0.1) is 0 Å². The molecule has 7 heteroatoms. The lowest BCUT2D eigenvalue weighted by Crippen LogP contribution is -2.15. The smallest absolute Gasteiger partial charge is 0.338 e. The third-order valence-electron chi connectivity index (χ3n) is 3.63. The molecule has 0 fully saturated rings. The number of amides is 1. The maximum atomic E-state index is 12.1. The van der Waals surface area contributed by atoms with Gasteiger partial charge in [-0.3, -0.25) is 9.59 Å². The minimum absolute atomic E-state index is 0.177. The first-order valence-corrected chi connectivity index (χ1v) is 8.32. The van der Waals surface area contributed by atoms with E-state index in [0.29, 0.717) is 16.3 Å². The summed E-state index contributed by atoms with van der Waals surface area (Å²) >= 11 is 5.94. The molecule has 1 heterocycles. The molecule has 3 aromatic rings. The Balaban J connectivity index is 1.57. The van der Waals surface area contributed by atoms with Gasteiger partial charge in [-0.15, -0.1) is 0 Å². The Bertz CT molecular complexity index is 964. The van der Waals surface area contributed by atoms with Crippen molar-refractivity contribution >= 4 is 34.9 Å². The van der Waals surface area contributed by atoms with Crippen LogP contribution in [0.25, 0.3) is 0 Å². The van der Waals surface area contributed by atoms with Crippen molar-refractivity contribution in [1.82, 2.24) is 0 Å². The highest BCUT2D eigenvalue weighted by Gasteiger charge is 2.14. The average molecular weight is 384 g/mol. The molecule has 1 N–H and O–H groups in total. The van der Waals surface area contributed by atoms with Gasteiger partial charge in [-0.25, -0.2) is 4.79 Å². The van der Waals surface area contributed by atoms with E-state index in [9.17, 15) is 14.4 Å². The Labute approximate surface area is 159 Å². The summed E-state index contributed by atoms with van der Waals surface area (Å²) in [5, 5.41) is 2.94. The number of furan rings is 1. The monoisotopic (exact) mass is 383 g/mol. The van der Waals surface area contributed by atoms with Gasteiger partial charge in [0.25, 0.3) is 5.91 Å². The number of carbonyl (C=O) groups is 3. The summed E-state index contributed by atoms with van der Waals surface area (Å²) in [6.45, 7) is -0.417. The molecule has 0 unspecified atom stereocenters. The predicted octanol–water partition coefficient (Wildman–Crippen LogP) is 4.23. The predicted molar refractivity (Wildman–Crippen MR) is 99.2 cm³/mol. The van der Waals surface area contributed by atoms with Gasteiger partial charge in [0.2, 0.25) is 5.78 Å². The van der Waals surface area contributed by atoms with Gasteiger partial charge < -0.3 is 14.5 Å². The number of hydrogen-bond donors (Lipinski definition) is 1. The lowest BCUT2D eigenvalue weighted by molar-refractivity contribution is 0.0475. The number of carbonyl (C=O) groups excluding carboxylic acids is 3. The van der Waals surface area contributed by atoms with Crippen LogP contribution in [0.15, 0.2) is 71.3 Å². The summed E-state index contributed by atoms with van der Waals surface area (Å²) in [4.78, 5) is 36.0. The van der Waals surface area contributed by atoms with Gasteiger partial charge in [0, 0.05) is 11.3 Å². The quantitative estimate of drug-likeness (QED) is 0.508. The first-order chi connectivity index (χ1) is 13.0. The van der Waals surface area contributed by atoms with E-state index in [2.05, 4.69) is 5.32 Å². The number of hydrogen-bond acceptors (Lipinski definition) is 5. The molecular weight excluding hydrogens is 370 g/mol. The molecule has 0 bridgehead atoms. The van der Waals surface area contributed by atoms with E-state index in [0.717, 1.165) is 0 Å². The molecule has 3 rings (SSSR count). The second-order valence-electron chi connectivity index (χ2n) is 5.49. The van der Waals surface area contributed by atoms with Crippen molar-refractivity contribution < 1.29 is 23.5 Å². The van der Waals surface area contributed by atoms with Crippen molar-refractivity contribution in [2.45, 2.75) is 0 Å². The molecule has 27 heavy (non-hydrogen) atoms. The number of anilines is 1. The van der Waals surface area contributed by atoms with E-state index in [1.54, 1.807) is 42.5 Å². The summed E-state index contributed by atoms with van der Waals surface area (Å²) in [7, 11) is 0. The minimum atomic E-state index is -0.653. The SMILES string of the molecule is O=C(OCC(=O)c1ccccc1Cl)c1ccc(NC(=O)c2ccco2)cc1. The third-order valence-corrected chi connectivity index (χ3v) is 3.96. The van der Waals surface area contributed by atoms with Crippen LogP contribution in [0.3, 0.4) is 0 Å². The van der Waals surface area contributed by atoms with E-state index >= 15 is 0 Å². The summed E-state index contributed by atoms with van der Waals surface area (Å²) in [5.74, 6) is -1.27. The summed E-state index contributed by atoms with van der Waals surface area (Å²) in [5.41, 5.74) is 1.03. The normalized spacial score (nSPS) is 10.3. The molecule has 1 aromatic heterocycles. The molecular formula is C20H14ClNO5. The van der Waals surface area contributed by atoms with E-state index in [1.807, 2.05) is 0 Å². The second kappa shape index (κ2) is 8.33. The zero-order valence-electron chi connectivity index (χ0n) is 14.0. The molecule has 136 valence electrons. The van der Waals surface area contributed by atoms with Crippen molar-refractivity contribution in [3.05, 3.63) is 88.8 Å². The Morgan fingerprint density at radius 1 is 0.963 bits per heavy atom. The third kappa shape index (κ3) is 4.62. The van der Waals surface area contributed by atoms with Gasteiger partial charge in [-0.05, 0) is 48.5 Å². The van der Waals surface area contributed by atoms with Crippen LogP contribution in [0.1, 0.15) is 31.3 Å². The molecule has 0 aliphatic carbocycles. The van der Waals surface area contributed by atoms with Crippen LogP contribution in [0.4, 0.5) is 5.69 Å². The summed E-state index contributed by atoms with van der Waals surface area (Å²) in [6, 6.07) is 15.8. The average Bonchev–Trinajstić information content (AvgIpc) is 3.22. The van der Waals surface area contributed by atoms with Crippen molar-refractivity contribution in [3.8, 4) is 0 Å². The lowest BCUT2D eigenvalue weighted by atomic mass is 10.1. The van der Waals surface area contributed by atoms with E-state index < -0.39 is 24.3 Å². The fraction of sp³-hybridized carbons (Fsp3) is 0.0500. The molecule has 0 spiro atoms. The van der Waals surface area contributed by atoms with Gasteiger partial charge in [0.15, 0.2) is 12.4 Å². The number of halogens is 1. The van der Waals surface area contributed by atoms with Crippen molar-refractivity contribution in [2.75, 3.05) is 11.9 Å². The minimum Gasteiger partial charge on any atom is -0.459 e. The summed E-state index contributed by atoms with van der Waals surface area (Å²) in [6.07, 6.45) is 1.40. The Kier molecular flexibility index (Phi) is 5.68. The Morgan fingerprint density at radius 2 is 1.70 bits per heavy atom. The van der Waals surface area contributed by atoms with E-state index in [4.69, 9.17) is 20.8 Å². The molecule has 6 nitrogen and oxygen atoms in total. The van der Waals surface area contributed by atoms with E-state index in [-0.39, 0.29) is 11.3 Å². The molecule has 0 saturated carbocycles. The second-order valence-corrected chi connectivity index (χ2v) is 5.90. The van der Waals surface area contributed by atoms with Gasteiger partial charge in [0.05, 0.1) is 16.8 Å². The van der Waals surface area contributed by atoms with Crippen LogP contribution in [0.2, 0.25) is 5.02 Å². The van der Waals surface area contributed by atoms with Crippen molar-refractivity contribution in [3.63, 3.8) is 0 Å². The lowest BCUT2D eigenvalue weighted by Gasteiger charge is -2.07. The highest BCUT2D eigenvalue weighted by atomic mass is 35.5. The van der Waals surface area contributed by atoms with Crippen LogP contribution in [-0.2, 0) is 4.74 Å². The molecule has 2 aromatic carbocycles. The van der Waals surface area contributed by atoms with Crippen molar-refractivity contribution in [2.24, 2.45) is 0 Å². The molecule has 0 aliphatic rings. The first kappa shape index (κ1) is 18.4. The topological polar surface area (TPSA) is 85.6 Å². The maximum Gasteiger partial charge on any atom is 0.338 e. The number of Topliss-reactive ketones (excluding diaryl/α,β-unsaturated/α-hetero) is 1. The van der Waals surface area contributed by atoms with Crippen LogP contribution < -0.4 is 5.32 Å². The number of benzene rings is 2. The first-order valence-electron chi connectivity index (χ1n) is 7.94. The highest BCUT2D eigenvalue weighted by molar-refractivity contribution is 6.34. The molecule has 0 aliphatic heterocycles. The molecule has 0 radical (unpaired) electrons. The zero-order valence-corrected chi connectivity index (χ0v) is 14.7. The van der Waals surface area contributed by atoms with Crippen molar-refractivity contribution in [1.29, 1.82) is 0 Å². The van der Waals surface area contributed by atoms with Crippen LogP contribution >= 0.6 is 11.6 Å². The number of ether oxygens (including phenoxy) is 1. The van der Waals surface area contributed by atoms with Crippen LogP contribution in [0.5, 0.6) is 0 Å². The zero-order chi connectivity index (χ0) is 19.2. The van der Waals surface area contributed by atoms with Gasteiger partial charge >= 0.3 is 5.97 Å². The van der Waals surface area contributed by atoms with Crippen LogP contribution in [-0.4, -0.2) is 24.3 Å². The fourth-order valence-electron chi connectivity index (χ4n) is 2.27. The number of rotatable bonds is 6. The standard InChI is InChI=1S/C20H14ClNO5/c21-16-5-2-1-4-15(16)17(23)12-27-20(25)13-7-9-14(10-8-13)22-19(24)18-6-3-11-26-18/h1-11H,12H2,(H,22,24). The number of esters is 1. The Hall–Kier alpha value is -3.38. The van der Waals surface area contributed by atoms with Gasteiger partial charge in [-0.2, -0.15) is 0 Å². The highest BCUT2D eigenvalue weighted by Crippen LogP contribution is 2.16. The van der Waals surface area contributed by atoms with Gasteiger partial charge in [0.1, 0.15) is 0 Å². The van der Waals surface area contributed by atoms with Gasteiger partial charge in [-0.1, -0.05) is 23.7 Å². The molecule has 0 saturated heterocycles.